The van der Waals surface area contributed by atoms with E-state index in [0.717, 1.165) is 49.2 Å². The minimum atomic E-state index is -0.280. The molecule has 3 heterocycles. The lowest BCUT2D eigenvalue weighted by Crippen LogP contribution is -2.38. The number of nitro groups is 1. The molecule has 4 rings (SSSR count). The van der Waals surface area contributed by atoms with Crippen molar-refractivity contribution < 1.29 is 4.92 Å². The molecular formula is C13H16BrN3O2. The first-order valence-electron chi connectivity index (χ1n) is 6.58. The van der Waals surface area contributed by atoms with Crippen molar-refractivity contribution in [2.75, 3.05) is 31.1 Å². The Hall–Kier alpha value is -1.14. The van der Waals surface area contributed by atoms with Gasteiger partial charge in [-0.2, -0.15) is 0 Å². The molecule has 3 aliphatic rings. The second kappa shape index (κ2) is 5.09. The number of halogens is 1. The number of fused-ring (bicyclic) bond motifs is 4. The van der Waals surface area contributed by atoms with Crippen molar-refractivity contribution in [3.63, 3.8) is 0 Å². The number of hydrogen-bond donors (Lipinski definition) is 0. The van der Waals surface area contributed by atoms with Crippen LogP contribution in [0.4, 0.5) is 11.4 Å². The number of nitro benzene ring substituents is 1. The molecular weight excluding hydrogens is 310 g/mol. The standard InChI is InChI=1S/C13H16BrN3O2/c14-10-1-2-12(13(9-10)17(18)19)16-8-7-15-5-3-11(16)4-6-15/h1-2,9,11H,3-8H2. The van der Waals surface area contributed by atoms with Crippen molar-refractivity contribution in [1.29, 1.82) is 0 Å². The summed E-state index contributed by atoms with van der Waals surface area (Å²) >= 11 is 3.31. The lowest BCUT2D eigenvalue weighted by molar-refractivity contribution is -0.384. The zero-order valence-corrected chi connectivity index (χ0v) is 12.2. The molecule has 3 saturated heterocycles. The van der Waals surface area contributed by atoms with E-state index in [-0.39, 0.29) is 10.6 Å². The van der Waals surface area contributed by atoms with Gasteiger partial charge in [-0.1, -0.05) is 15.9 Å². The van der Waals surface area contributed by atoms with Crippen LogP contribution >= 0.6 is 15.9 Å². The summed E-state index contributed by atoms with van der Waals surface area (Å²) in [5.41, 5.74) is 0.969. The van der Waals surface area contributed by atoms with E-state index in [1.54, 1.807) is 6.07 Å². The molecule has 5 nitrogen and oxygen atoms in total. The summed E-state index contributed by atoms with van der Waals surface area (Å²) in [5.74, 6) is 0. The highest BCUT2D eigenvalue weighted by Gasteiger charge is 2.32. The summed E-state index contributed by atoms with van der Waals surface area (Å²) < 4.78 is 0.755. The Labute approximate surface area is 120 Å². The van der Waals surface area contributed by atoms with Gasteiger partial charge < -0.3 is 9.80 Å². The molecule has 0 radical (unpaired) electrons. The topological polar surface area (TPSA) is 49.6 Å². The maximum absolute atomic E-state index is 11.3. The predicted molar refractivity (Wildman–Crippen MR) is 77.6 cm³/mol. The maximum Gasteiger partial charge on any atom is 0.293 e. The molecule has 3 aliphatic heterocycles. The summed E-state index contributed by atoms with van der Waals surface area (Å²) in [4.78, 5) is 15.7. The van der Waals surface area contributed by atoms with Gasteiger partial charge in [0.2, 0.25) is 0 Å². The fraction of sp³-hybridized carbons (Fsp3) is 0.538. The van der Waals surface area contributed by atoms with Crippen molar-refractivity contribution in [3.8, 4) is 0 Å². The average molecular weight is 326 g/mol. The van der Waals surface area contributed by atoms with Gasteiger partial charge in [-0.15, -0.1) is 0 Å². The molecule has 19 heavy (non-hydrogen) atoms. The number of benzene rings is 1. The Balaban J connectivity index is 1.99. The number of piperidine rings is 1. The molecule has 0 aliphatic carbocycles. The van der Waals surface area contributed by atoms with Gasteiger partial charge in [0.1, 0.15) is 5.69 Å². The summed E-state index contributed by atoms with van der Waals surface area (Å²) in [7, 11) is 0. The van der Waals surface area contributed by atoms with Gasteiger partial charge >= 0.3 is 0 Å². The van der Waals surface area contributed by atoms with Crippen LogP contribution in [0.5, 0.6) is 0 Å². The van der Waals surface area contributed by atoms with Crippen LogP contribution < -0.4 is 4.90 Å². The first kappa shape index (κ1) is 12.9. The van der Waals surface area contributed by atoms with Crippen LogP contribution in [0.1, 0.15) is 12.8 Å². The second-order valence-electron chi connectivity index (χ2n) is 5.16. The monoisotopic (exact) mass is 325 g/mol. The number of anilines is 1. The van der Waals surface area contributed by atoms with Gasteiger partial charge in [0.15, 0.2) is 0 Å². The molecule has 1 aromatic carbocycles. The van der Waals surface area contributed by atoms with Crippen molar-refractivity contribution in [2.24, 2.45) is 0 Å². The third-order valence-corrected chi connectivity index (χ3v) is 4.59. The maximum atomic E-state index is 11.3. The summed E-state index contributed by atoms with van der Waals surface area (Å²) in [5, 5.41) is 11.3. The highest BCUT2D eigenvalue weighted by Crippen LogP contribution is 2.35. The largest absolute Gasteiger partial charge is 0.362 e. The number of nitrogens with zero attached hydrogens (tertiary/aromatic N) is 3. The first-order valence-corrected chi connectivity index (χ1v) is 7.37. The summed E-state index contributed by atoms with van der Waals surface area (Å²) in [6.45, 7) is 4.12. The summed E-state index contributed by atoms with van der Waals surface area (Å²) in [6.07, 6.45) is 2.21. The molecule has 0 N–H and O–H groups in total. The van der Waals surface area contributed by atoms with Gasteiger partial charge in [-0.25, -0.2) is 0 Å². The van der Waals surface area contributed by atoms with Crippen LogP contribution in [0.2, 0.25) is 0 Å². The third kappa shape index (κ3) is 2.47. The van der Waals surface area contributed by atoms with E-state index in [4.69, 9.17) is 0 Å². The van der Waals surface area contributed by atoms with Gasteiger partial charge in [0, 0.05) is 42.8 Å². The van der Waals surface area contributed by atoms with E-state index in [9.17, 15) is 10.1 Å². The average Bonchev–Trinajstić information content (AvgIpc) is 2.72. The Kier molecular flexibility index (Phi) is 3.45. The van der Waals surface area contributed by atoms with Crippen LogP contribution in [-0.4, -0.2) is 42.0 Å². The third-order valence-electron chi connectivity index (χ3n) is 4.10. The number of rotatable bonds is 2. The van der Waals surface area contributed by atoms with Crippen LogP contribution in [-0.2, 0) is 0 Å². The minimum absolute atomic E-state index is 0.203. The van der Waals surface area contributed by atoms with Gasteiger partial charge in [-0.3, -0.25) is 10.1 Å². The molecule has 0 unspecified atom stereocenters. The van der Waals surface area contributed by atoms with Crippen molar-refractivity contribution >= 4 is 27.3 Å². The smallest absolute Gasteiger partial charge is 0.293 e. The predicted octanol–water partition coefficient (Wildman–Crippen LogP) is 2.64. The molecule has 0 aromatic heterocycles. The molecule has 102 valence electrons. The van der Waals surface area contributed by atoms with E-state index in [0.29, 0.717) is 6.04 Å². The van der Waals surface area contributed by atoms with Gasteiger partial charge in [0.05, 0.1) is 4.92 Å². The zero-order chi connectivity index (χ0) is 13.4. The molecule has 2 bridgehead atoms. The summed E-state index contributed by atoms with van der Waals surface area (Å²) in [6, 6.07) is 5.81. The highest BCUT2D eigenvalue weighted by molar-refractivity contribution is 9.10. The molecule has 1 aromatic rings. The Morgan fingerprint density at radius 2 is 1.95 bits per heavy atom. The quantitative estimate of drug-likeness (QED) is 0.619. The molecule has 6 heteroatoms. The second-order valence-corrected chi connectivity index (χ2v) is 6.07. The molecule has 0 atom stereocenters. The van der Waals surface area contributed by atoms with E-state index in [1.165, 1.54) is 0 Å². The minimum Gasteiger partial charge on any atom is -0.362 e. The van der Waals surface area contributed by atoms with Crippen molar-refractivity contribution in [1.82, 2.24) is 4.90 Å². The normalized spacial score (nSPS) is 26.3. The van der Waals surface area contributed by atoms with E-state index >= 15 is 0 Å². The van der Waals surface area contributed by atoms with Crippen LogP contribution in [0, 0.1) is 10.1 Å². The first-order chi connectivity index (χ1) is 9.15. The number of hydrogen-bond acceptors (Lipinski definition) is 4. The van der Waals surface area contributed by atoms with Gasteiger partial charge in [-0.05, 0) is 25.0 Å². The zero-order valence-electron chi connectivity index (χ0n) is 10.6. The lowest BCUT2D eigenvalue weighted by atomic mass is 10.0. The van der Waals surface area contributed by atoms with Crippen molar-refractivity contribution in [3.05, 3.63) is 32.8 Å². The molecule has 3 fully saturated rings. The SMILES string of the molecule is O=[N+]([O-])c1cc(Br)ccc1N1CCN2CCC1CC2. The van der Waals surface area contributed by atoms with E-state index in [1.807, 2.05) is 12.1 Å². The molecule has 0 spiro atoms. The Morgan fingerprint density at radius 1 is 1.21 bits per heavy atom. The van der Waals surface area contributed by atoms with Crippen LogP contribution in [0.25, 0.3) is 0 Å². The van der Waals surface area contributed by atoms with Gasteiger partial charge in [0.25, 0.3) is 5.69 Å². The highest BCUT2D eigenvalue weighted by atomic mass is 79.9. The van der Waals surface area contributed by atoms with Crippen LogP contribution in [0.15, 0.2) is 22.7 Å². The van der Waals surface area contributed by atoms with Crippen LogP contribution in [0.3, 0.4) is 0 Å². The fourth-order valence-electron chi connectivity index (χ4n) is 3.09. The molecule has 0 saturated carbocycles. The fourth-order valence-corrected chi connectivity index (χ4v) is 3.44. The lowest BCUT2D eigenvalue weighted by Gasteiger charge is -2.32. The van der Waals surface area contributed by atoms with E-state index < -0.39 is 0 Å². The molecule has 0 amide bonds. The van der Waals surface area contributed by atoms with E-state index in [2.05, 4.69) is 25.7 Å². The Morgan fingerprint density at radius 3 is 2.63 bits per heavy atom. The van der Waals surface area contributed by atoms with Crippen molar-refractivity contribution in [2.45, 2.75) is 18.9 Å². The Bertz CT molecular complexity index is 501.